The van der Waals surface area contributed by atoms with Crippen LogP contribution in [0.25, 0.3) is 43.1 Å². The van der Waals surface area contributed by atoms with Gasteiger partial charge in [0, 0.05) is 27.9 Å². The van der Waals surface area contributed by atoms with E-state index < -0.39 is 0 Å². The van der Waals surface area contributed by atoms with Crippen molar-refractivity contribution in [1.29, 1.82) is 10.5 Å². The number of nitrogens with zero attached hydrogens (tertiary/aromatic N) is 4. The number of benzene rings is 5. The molecule has 8 heteroatoms. The molecular formula is C67H58N4O4. The van der Waals surface area contributed by atoms with E-state index in [0.717, 1.165) is 108 Å². The summed E-state index contributed by atoms with van der Waals surface area (Å²) in [6.45, 7) is 33.3. The van der Waals surface area contributed by atoms with Crippen LogP contribution in [-0.2, 0) is 14.3 Å². The minimum Gasteiger partial charge on any atom is -0.462 e. The number of Topliss-reactive ketones (excluding diaryl/α,β-unsaturated/α-hetero) is 2. The van der Waals surface area contributed by atoms with E-state index in [2.05, 4.69) is 75.5 Å². The van der Waals surface area contributed by atoms with Crippen molar-refractivity contribution < 1.29 is 19.1 Å². The lowest BCUT2D eigenvalue weighted by Gasteiger charge is -2.32. The van der Waals surface area contributed by atoms with Gasteiger partial charge in [-0.3, -0.25) is 9.59 Å². The first-order chi connectivity index (χ1) is 35.9. The molecule has 5 aromatic carbocycles. The Balaban J connectivity index is 0.000000164. The molecule has 0 radical (unpaired) electrons. The molecule has 0 saturated carbocycles. The Bertz CT molecular complexity index is 3510. The van der Waals surface area contributed by atoms with E-state index in [1.807, 2.05) is 148 Å². The van der Waals surface area contributed by atoms with E-state index >= 15 is 0 Å². The molecular weight excluding hydrogens is 925 g/mol. The summed E-state index contributed by atoms with van der Waals surface area (Å²) in [6, 6.07) is 45.1. The molecule has 0 unspecified atom stereocenters. The predicted molar refractivity (Wildman–Crippen MR) is 299 cm³/mol. The van der Waals surface area contributed by atoms with Gasteiger partial charge in [0.05, 0.1) is 37.5 Å². The topological polar surface area (TPSA) is 117 Å². The molecule has 0 saturated heterocycles. The smallest absolute Gasteiger partial charge is 0.338 e. The standard InChI is InChI=1S/C24H14N2.C22H28O2.C21H16N2O2/c1-26-21(16-25)24-20-15-9-8-14-19(20)22(17-10-4-2-5-11-17)23(24)18-12-6-3-7-13-18;1-13-9-15(10-14(2)19(13)23)16-11-17(21(3,4)5)20(24)18(12-16)22(6,7)8;1-3-4-12-25-21(24)17-11-7-10-16-19(17)14-8-5-6-9-15(14)20(16)18(13-22)23-2/h2-15H;9-12H,1-8H3;5-11H,3-4,12H2,1H3/b24-21+;;20-18+. The van der Waals surface area contributed by atoms with Gasteiger partial charge in [-0.05, 0) is 134 Å². The maximum absolute atomic E-state index is 13.0. The Morgan fingerprint density at radius 2 is 0.987 bits per heavy atom. The summed E-state index contributed by atoms with van der Waals surface area (Å²) in [5, 5.41) is 18.9. The molecule has 8 nitrogen and oxygen atoms in total. The van der Waals surface area contributed by atoms with Crippen molar-refractivity contribution in [1.82, 2.24) is 0 Å². The largest absolute Gasteiger partial charge is 0.462 e. The molecule has 0 fully saturated rings. The zero-order valence-corrected chi connectivity index (χ0v) is 44.0. The maximum atomic E-state index is 13.0. The Kier molecular flexibility index (Phi) is 16.2. The third kappa shape index (κ3) is 11.1. The third-order valence-electron chi connectivity index (χ3n) is 13.2. The van der Waals surface area contributed by atoms with E-state index in [9.17, 15) is 24.9 Å². The Labute approximate surface area is 441 Å². The van der Waals surface area contributed by atoms with Crippen LogP contribution in [0, 0.1) is 46.6 Å². The minimum atomic E-state index is -0.373. The molecule has 4 aliphatic rings. The molecule has 9 rings (SSSR count). The first kappa shape index (κ1) is 53.6. The molecule has 0 N–H and O–H groups in total. The first-order valence-electron chi connectivity index (χ1n) is 24.9. The summed E-state index contributed by atoms with van der Waals surface area (Å²) in [5.74, 6) is -0.151. The van der Waals surface area contributed by atoms with Gasteiger partial charge < -0.3 is 4.74 Å². The number of hydrogen-bond acceptors (Lipinski definition) is 6. The van der Waals surface area contributed by atoms with Crippen molar-refractivity contribution in [2.75, 3.05) is 6.61 Å². The lowest BCUT2D eigenvalue weighted by atomic mass is 9.71. The molecule has 0 aromatic heterocycles. The summed E-state index contributed by atoms with van der Waals surface area (Å²) in [6.07, 6.45) is 9.61. The number of nitriles is 2. The molecule has 0 atom stereocenters. The second kappa shape index (κ2) is 22.7. The van der Waals surface area contributed by atoms with Crippen molar-refractivity contribution in [3.8, 4) is 23.3 Å². The van der Waals surface area contributed by atoms with Gasteiger partial charge in [0.25, 0.3) is 11.4 Å². The molecule has 75 heavy (non-hydrogen) atoms. The number of ether oxygens (including phenoxy) is 1. The number of rotatable bonds is 6. The monoisotopic (exact) mass is 982 g/mol. The van der Waals surface area contributed by atoms with E-state index in [1.165, 1.54) is 0 Å². The van der Waals surface area contributed by atoms with Crippen LogP contribution in [0.5, 0.6) is 0 Å². The quantitative estimate of drug-likeness (QED) is 0.0710. The van der Waals surface area contributed by atoms with Gasteiger partial charge in [0.15, 0.2) is 11.6 Å². The maximum Gasteiger partial charge on any atom is 0.338 e. The van der Waals surface area contributed by atoms with Crippen LogP contribution < -0.4 is 0 Å². The highest BCUT2D eigenvalue weighted by Crippen LogP contribution is 2.51. The highest BCUT2D eigenvalue weighted by atomic mass is 16.5. The average Bonchev–Trinajstić information content (AvgIpc) is 3.92. The summed E-state index contributed by atoms with van der Waals surface area (Å²) in [7, 11) is 0. The van der Waals surface area contributed by atoms with E-state index in [1.54, 1.807) is 12.1 Å². The highest BCUT2D eigenvalue weighted by Gasteiger charge is 2.35. The molecule has 0 amide bonds. The molecule has 0 heterocycles. The van der Waals surface area contributed by atoms with E-state index in [-0.39, 0.29) is 39.8 Å². The van der Waals surface area contributed by atoms with Crippen LogP contribution >= 0.6 is 0 Å². The third-order valence-corrected chi connectivity index (χ3v) is 13.2. The Morgan fingerprint density at radius 3 is 1.48 bits per heavy atom. The lowest BCUT2D eigenvalue weighted by molar-refractivity contribution is -0.114. The van der Waals surface area contributed by atoms with Gasteiger partial charge in [-0.1, -0.05) is 176 Å². The predicted octanol–water partition coefficient (Wildman–Crippen LogP) is 15.9. The highest BCUT2D eigenvalue weighted by molar-refractivity contribution is 6.25. The Morgan fingerprint density at radius 1 is 0.547 bits per heavy atom. The van der Waals surface area contributed by atoms with Crippen LogP contribution in [0.1, 0.15) is 119 Å². The fourth-order valence-electron chi connectivity index (χ4n) is 9.59. The zero-order chi connectivity index (χ0) is 54.2. The van der Waals surface area contributed by atoms with Gasteiger partial charge in [-0.15, -0.1) is 0 Å². The minimum absolute atomic E-state index is 0.0303. The first-order valence-corrected chi connectivity index (χ1v) is 24.9. The van der Waals surface area contributed by atoms with Crippen molar-refractivity contribution >= 4 is 39.8 Å². The van der Waals surface area contributed by atoms with Crippen LogP contribution in [-0.4, -0.2) is 24.1 Å². The number of unbranched alkanes of at least 4 members (excludes halogenated alkanes) is 1. The number of fused-ring (bicyclic) bond motifs is 4. The van der Waals surface area contributed by atoms with Gasteiger partial charge in [0.1, 0.15) is 0 Å². The molecule has 0 spiro atoms. The van der Waals surface area contributed by atoms with Gasteiger partial charge in [0.2, 0.25) is 0 Å². The average molecular weight is 983 g/mol. The number of carbonyl (C=O) groups excluding carboxylic acids is 3. The fourth-order valence-corrected chi connectivity index (χ4v) is 9.59. The second-order valence-corrected chi connectivity index (χ2v) is 20.5. The SMILES string of the molecule is CC1=CC(=C2C=C(C(C)(C)C)C(=O)C(C(C)(C)C)=C2)C=C(C)C1=O.[C-]#[N+]/C(C#N)=C1/C(c2ccccc2)=C(c2ccccc2)c2ccccc21.[C-]#[N+]/C(C#N)=C1\c2ccccc2-c2c(C(=O)OCCCC)cccc21. The zero-order valence-electron chi connectivity index (χ0n) is 44.0. The van der Waals surface area contributed by atoms with Crippen LogP contribution in [0.15, 0.2) is 197 Å². The summed E-state index contributed by atoms with van der Waals surface area (Å²) < 4.78 is 5.38. The normalized spacial score (nSPS) is 15.7. The summed E-state index contributed by atoms with van der Waals surface area (Å²) in [4.78, 5) is 44.4. The number of carbonyl (C=O) groups is 3. The summed E-state index contributed by atoms with van der Waals surface area (Å²) in [5.41, 5.74) is 15.9. The van der Waals surface area contributed by atoms with Crippen LogP contribution in [0.4, 0.5) is 0 Å². The van der Waals surface area contributed by atoms with Gasteiger partial charge in [-0.2, -0.15) is 0 Å². The number of esters is 1. The summed E-state index contributed by atoms with van der Waals surface area (Å²) >= 11 is 0. The lowest BCUT2D eigenvalue weighted by Crippen LogP contribution is -2.28. The second-order valence-electron chi connectivity index (χ2n) is 20.5. The van der Waals surface area contributed by atoms with Crippen molar-refractivity contribution in [3.63, 3.8) is 0 Å². The molecule has 4 aliphatic carbocycles. The van der Waals surface area contributed by atoms with Crippen LogP contribution in [0.2, 0.25) is 0 Å². The fraction of sp³-hybridized carbons (Fsp3) is 0.209. The number of allylic oxidation sites excluding steroid dienone is 14. The van der Waals surface area contributed by atoms with E-state index in [4.69, 9.17) is 17.9 Å². The van der Waals surface area contributed by atoms with Crippen molar-refractivity contribution in [2.45, 2.75) is 75.2 Å². The van der Waals surface area contributed by atoms with Crippen molar-refractivity contribution in [3.05, 3.63) is 258 Å². The van der Waals surface area contributed by atoms with Gasteiger partial charge >= 0.3 is 5.97 Å². The molecule has 5 aromatic rings. The van der Waals surface area contributed by atoms with Gasteiger partial charge in [-0.25, -0.2) is 25.0 Å². The number of ketones is 2. The molecule has 0 bridgehead atoms. The molecule has 370 valence electrons. The van der Waals surface area contributed by atoms with Crippen molar-refractivity contribution in [2.24, 2.45) is 10.8 Å². The molecule has 0 aliphatic heterocycles. The van der Waals surface area contributed by atoms with Crippen LogP contribution in [0.3, 0.4) is 0 Å². The Hall–Kier alpha value is -9.21. The van der Waals surface area contributed by atoms with E-state index in [0.29, 0.717) is 17.7 Å². The number of hydrogen-bond donors (Lipinski definition) is 0.